The van der Waals surface area contributed by atoms with Crippen LogP contribution in [0.2, 0.25) is 0 Å². The molecule has 0 spiro atoms. The molecule has 1 amide bonds. The number of aryl methyl sites for hydroxylation is 1. The van der Waals surface area contributed by atoms with Gasteiger partial charge < -0.3 is 9.64 Å². The van der Waals surface area contributed by atoms with E-state index in [0.29, 0.717) is 5.92 Å². The fraction of sp³-hybridized carbons (Fsp3) is 0.533. The first-order valence-electron chi connectivity index (χ1n) is 6.66. The quantitative estimate of drug-likeness (QED) is 0.853. The number of halogens is 1. The monoisotopic (exact) mass is 325 g/mol. The van der Waals surface area contributed by atoms with Crippen LogP contribution in [0.25, 0.3) is 0 Å². The lowest BCUT2D eigenvalue weighted by Crippen LogP contribution is -2.39. The topological polar surface area (TPSA) is 29.5 Å². The van der Waals surface area contributed by atoms with Crippen molar-refractivity contribution in [1.29, 1.82) is 0 Å². The van der Waals surface area contributed by atoms with E-state index in [1.807, 2.05) is 30.0 Å². The molecule has 2 rings (SSSR count). The maximum absolute atomic E-state index is 12.4. The summed E-state index contributed by atoms with van der Waals surface area (Å²) in [5, 5.41) is 0. The van der Waals surface area contributed by atoms with E-state index in [1.165, 1.54) is 0 Å². The largest absolute Gasteiger partial charge is 0.384 e. The van der Waals surface area contributed by atoms with Crippen molar-refractivity contribution >= 4 is 21.8 Å². The van der Waals surface area contributed by atoms with Crippen molar-refractivity contribution < 1.29 is 9.53 Å². The smallest absolute Gasteiger partial charge is 0.253 e. The van der Waals surface area contributed by atoms with E-state index in [1.54, 1.807) is 7.11 Å². The van der Waals surface area contributed by atoms with E-state index in [2.05, 4.69) is 15.9 Å². The summed E-state index contributed by atoms with van der Waals surface area (Å²) in [5.74, 6) is 0.743. The second kappa shape index (κ2) is 6.53. The van der Waals surface area contributed by atoms with Gasteiger partial charge in [-0.25, -0.2) is 0 Å². The van der Waals surface area contributed by atoms with Gasteiger partial charge in [-0.05, 0) is 49.4 Å². The van der Waals surface area contributed by atoms with Gasteiger partial charge in [0.25, 0.3) is 5.91 Å². The Balaban J connectivity index is 1.99. The van der Waals surface area contributed by atoms with Crippen molar-refractivity contribution in [2.24, 2.45) is 5.92 Å². The highest BCUT2D eigenvalue weighted by atomic mass is 79.9. The molecule has 1 heterocycles. The highest BCUT2D eigenvalue weighted by Gasteiger charge is 2.23. The van der Waals surface area contributed by atoms with Gasteiger partial charge in [0, 0.05) is 36.8 Å². The summed E-state index contributed by atoms with van der Waals surface area (Å²) in [4.78, 5) is 14.4. The standard InChI is InChI=1S/C15H20BrNO2/c1-11-9-13(3-4-14(11)16)15(18)17-7-5-12(6-8-17)10-19-2/h3-4,9,12H,5-8,10H2,1-2H3. The summed E-state index contributed by atoms with van der Waals surface area (Å²) in [5.41, 5.74) is 1.88. The minimum Gasteiger partial charge on any atom is -0.384 e. The summed E-state index contributed by atoms with van der Waals surface area (Å²) in [6, 6.07) is 5.79. The molecule has 0 radical (unpaired) electrons. The number of carbonyl (C=O) groups is 1. The number of piperidine rings is 1. The number of likely N-dealkylation sites (tertiary alicyclic amines) is 1. The van der Waals surface area contributed by atoms with E-state index in [4.69, 9.17) is 4.74 Å². The second-order valence-electron chi connectivity index (χ2n) is 5.15. The second-order valence-corrected chi connectivity index (χ2v) is 6.01. The molecule has 0 saturated carbocycles. The lowest BCUT2D eigenvalue weighted by molar-refractivity contribution is 0.0613. The molecule has 1 aliphatic heterocycles. The number of hydrogen-bond acceptors (Lipinski definition) is 2. The van der Waals surface area contributed by atoms with Crippen molar-refractivity contribution in [2.75, 3.05) is 26.8 Å². The van der Waals surface area contributed by atoms with Crippen LogP contribution in [-0.4, -0.2) is 37.6 Å². The van der Waals surface area contributed by atoms with Gasteiger partial charge in [-0.3, -0.25) is 4.79 Å². The summed E-state index contributed by atoms with van der Waals surface area (Å²) in [7, 11) is 1.74. The average Bonchev–Trinajstić information content (AvgIpc) is 2.42. The van der Waals surface area contributed by atoms with Crippen LogP contribution in [0.4, 0.5) is 0 Å². The number of amides is 1. The zero-order valence-corrected chi connectivity index (χ0v) is 13.1. The van der Waals surface area contributed by atoms with Gasteiger partial charge in [0.05, 0.1) is 0 Å². The predicted octanol–water partition coefficient (Wildman–Crippen LogP) is 3.26. The van der Waals surface area contributed by atoms with Gasteiger partial charge in [-0.15, -0.1) is 0 Å². The third kappa shape index (κ3) is 3.57. The number of rotatable bonds is 3. The number of carbonyl (C=O) groups excluding carboxylic acids is 1. The number of methoxy groups -OCH3 is 1. The zero-order valence-electron chi connectivity index (χ0n) is 11.5. The van der Waals surface area contributed by atoms with E-state index < -0.39 is 0 Å². The normalized spacial score (nSPS) is 16.7. The van der Waals surface area contributed by atoms with E-state index >= 15 is 0 Å². The molecule has 1 aromatic carbocycles. The van der Waals surface area contributed by atoms with Crippen molar-refractivity contribution in [3.63, 3.8) is 0 Å². The Morgan fingerprint density at radius 2 is 2.11 bits per heavy atom. The first-order valence-corrected chi connectivity index (χ1v) is 7.45. The molecule has 0 N–H and O–H groups in total. The third-order valence-electron chi connectivity index (χ3n) is 3.71. The van der Waals surface area contributed by atoms with Crippen LogP contribution in [0.1, 0.15) is 28.8 Å². The van der Waals surface area contributed by atoms with Gasteiger partial charge in [-0.2, -0.15) is 0 Å². The lowest BCUT2D eigenvalue weighted by atomic mass is 9.97. The van der Waals surface area contributed by atoms with Crippen LogP contribution in [0.15, 0.2) is 22.7 Å². The molecule has 0 aromatic heterocycles. The molecule has 0 unspecified atom stereocenters. The summed E-state index contributed by atoms with van der Waals surface area (Å²) in [6.45, 7) is 4.48. The van der Waals surface area contributed by atoms with Crippen molar-refractivity contribution in [1.82, 2.24) is 4.90 Å². The molecule has 1 aliphatic rings. The highest BCUT2D eigenvalue weighted by molar-refractivity contribution is 9.10. The Labute approximate surface area is 123 Å². The fourth-order valence-corrected chi connectivity index (χ4v) is 2.75. The van der Waals surface area contributed by atoms with Gasteiger partial charge in [-0.1, -0.05) is 15.9 Å². The Morgan fingerprint density at radius 1 is 1.42 bits per heavy atom. The first-order chi connectivity index (χ1) is 9.11. The van der Waals surface area contributed by atoms with Crippen LogP contribution in [0, 0.1) is 12.8 Å². The minimum atomic E-state index is 0.145. The van der Waals surface area contributed by atoms with Gasteiger partial charge in [0.1, 0.15) is 0 Å². The summed E-state index contributed by atoms with van der Waals surface area (Å²) < 4.78 is 6.23. The van der Waals surface area contributed by atoms with Crippen LogP contribution < -0.4 is 0 Å². The SMILES string of the molecule is COCC1CCN(C(=O)c2ccc(Br)c(C)c2)CC1. The zero-order chi connectivity index (χ0) is 13.8. The Morgan fingerprint density at radius 3 is 2.68 bits per heavy atom. The fourth-order valence-electron chi connectivity index (χ4n) is 2.50. The molecule has 0 atom stereocenters. The molecule has 3 nitrogen and oxygen atoms in total. The van der Waals surface area contributed by atoms with Gasteiger partial charge >= 0.3 is 0 Å². The lowest BCUT2D eigenvalue weighted by Gasteiger charge is -2.31. The van der Waals surface area contributed by atoms with Crippen LogP contribution in [-0.2, 0) is 4.74 Å². The molecule has 104 valence electrons. The molecule has 1 saturated heterocycles. The molecule has 1 fully saturated rings. The van der Waals surface area contributed by atoms with Crippen LogP contribution in [0.3, 0.4) is 0 Å². The Kier molecular flexibility index (Phi) is 4.99. The molecule has 4 heteroatoms. The number of nitrogens with zero attached hydrogens (tertiary/aromatic N) is 1. The maximum atomic E-state index is 12.4. The minimum absolute atomic E-state index is 0.145. The number of hydrogen-bond donors (Lipinski definition) is 0. The maximum Gasteiger partial charge on any atom is 0.253 e. The first kappa shape index (κ1) is 14.5. The Hall–Kier alpha value is -0.870. The highest BCUT2D eigenvalue weighted by Crippen LogP contribution is 2.21. The molecule has 19 heavy (non-hydrogen) atoms. The van der Waals surface area contributed by atoms with Gasteiger partial charge in [0.15, 0.2) is 0 Å². The van der Waals surface area contributed by atoms with Crippen molar-refractivity contribution in [3.8, 4) is 0 Å². The molecular weight excluding hydrogens is 306 g/mol. The van der Waals surface area contributed by atoms with Gasteiger partial charge in [0.2, 0.25) is 0 Å². The van der Waals surface area contributed by atoms with E-state index in [0.717, 1.165) is 48.1 Å². The van der Waals surface area contributed by atoms with Crippen LogP contribution >= 0.6 is 15.9 Å². The molecule has 0 bridgehead atoms. The molecule has 1 aromatic rings. The van der Waals surface area contributed by atoms with E-state index in [-0.39, 0.29) is 5.91 Å². The molecular formula is C15H20BrNO2. The number of benzene rings is 1. The Bertz CT molecular complexity index is 453. The van der Waals surface area contributed by atoms with Crippen molar-refractivity contribution in [3.05, 3.63) is 33.8 Å². The summed E-state index contributed by atoms with van der Waals surface area (Å²) >= 11 is 3.46. The predicted molar refractivity (Wildman–Crippen MR) is 79.4 cm³/mol. The third-order valence-corrected chi connectivity index (χ3v) is 4.60. The number of ether oxygens (including phenoxy) is 1. The van der Waals surface area contributed by atoms with E-state index in [9.17, 15) is 4.79 Å². The molecule has 0 aliphatic carbocycles. The summed E-state index contributed by atoms with van der Waals surface area (Å²) in [6.07, 6.45) is 2.07. The average molecular weight is 326 g/mol. The van der Waals surface area contributed by atoms with Crippen LogP contribution in [0.5, 0.6) is 0 Å². The van der Waals surface area contributed by atoms with Crippen molar-refractivity contribution in [2.45, 2.75) is 19.8 Å².